The van der Waals surface area contributed by atoms with Crippen molar-refractivity contribution in [3.63, 3.8) is 0 Å². The van der Waals surface area contributed by atoms with Crippen LogP contribution in [0.2, 0.25) is 0 Å². The van der Waals surface area contributed by atoms with E-state index in [1.165, 1.54) is 18.2 Å². The molecular formula is C14H11F3INO. The minimum atomic E-state index is -4.67. The largest absolute Gasteiger partial charge is 0.573 e. The topological polar surface area (TPSA) is 21.3 Å². The molecule has 0 amide bonds. The van der Waals surface area contributed by atoms with Crippen LogP contribution in [0, 0.1) is 3.57 Å². The predicted molar refractivity (Wildman–Crippen MR) is 79.6 cm³/mol. The molecule has 0 aliphatic carbocycles. The first-order valence-corrected chi connectivity index (χ1v) is 6.84. The Morgan fingerprint density at radius 2 is 1.80 bits per heavy atom. The molecule has 0 aliphatic heterocycles. The fourth-order valence-electron chi connectivity index (χ4n) is 1.66. The molecule has 0 atom stereocenters. The van der Waals surface area contributed by atoms with Crippen LogP contribution in [-0.2, 0) is 6.54 Å². The van der Waals surface area contributed by atoms with E-state index in [1.54, 1.807) is 6.07 Å². The molecule has 0 bridgehead atoms. The third-order valence-electron chi connectivity index (χ3n) is 2.45. The molecule has 0 heterocycles. The van der Waals surface area contributed by atoms with Crippen LogP contribution in [0.5, 0.6) is 5.75 Å². The van der Waals surface area contributed by atoms with Crippen molar-refractivity contribution >= 4 is 28.3 Å². The lowest BCUT2D eigenvalue weighted by atomic mass is 10.2. The van der Waals surface area contributed by atoms with E-state index in [2.05, 4.69) is 32.6 Å². The molecule has 0 saturated carbocycles. The Hall–Kier alpha value is -1.44. The molecule has 0 spiro atoms. The van der Waals surface area contributed by atoms with Crippen LogP contribution in [0.1, 0.15) is 5.56 Å². The highest BCUT2D eigenvalue weighted by atomic mass is 127. The fraction of sp³-hybridized carbons (Fsp3) is 0.143. The minimum Gasteiger partial charge on any atom is -0.406 e. The number of anilines is 1. The summed E-state index contributed by atoms with van der Waals surface area (Å²) in [6, 6.07) is 13.7. The number of alkyl halides is 3. The molecule has 2 aromatic carbocycles. The number of benzene rings is 2. The second-order valence-electron chi connectivity index (χ2n) is 4.06. The molecule has 2 aromatic rings. The van der Waals surface area contributed by atoms with Crippen molar-refractivity contribution < 1.29 is 17.9 Å². The number of hydrogen-bond donors (Lipinski definition) is 1. The van der Waals surface area contributed by atoms with Gasteiger partial charge in [0.2, 0.25) is 0 Å². The summed E-state index contributed by atoms with van der Waals surface area (Å²) in [4.78, 5) is 0. The fourth-order valence-corrected chi connectivity index (χ4v) is 2.20. The Kier molecular flexibility index (Phi) is 4.74. The molecule has 0 radical (unpaired) electrons. The van der Waals surface area contributed by atoms with E-state index in [9.17, 15) is 13.2 Å². The Balaban J connectivity index is 2.01. The summed E-state index contributed by atoms with van der Waals surface area (Å²) in [5, 5.41) is 3.15. The highest BCUT2D eigenvalue weighted by Crippen LogP contribution is 2.23. The lowest BCUT2D eigenvalue weighted by molar-refractivity contribution is -0.274. The number of hydrogen-bond acceptors (Lipinski definition) is 2. The predicted octanol–water partition coefficient (Wildman–Crippen LogP) is 4.80. The molecule has 0 fully saturated rings. The average Bonchev–Trinajstić information content (AvgIpc) is 2.35. The smallest absolute Gasteiger partial charge is 0.406 e. The lowest BCUT2D eigenvalue weighted by Crippen LogP contribution is -2.17. The standard InChI is InChI=1S/C14H11F3INO/c15-14(16,17)20-13-6-1-3-10(7-13)9-19-12-5-2-4-11(18)8-12/h1-8,19H,9H2. The zero-order chi connectivity index (χ0) is 14.6. The summed E-state index contributed by atoms with van der Waals surface area (Å²) in [5.41, 5.74) is 1.63. The summed E-state index contributed by atoms with van der Waals surface area (Å²) >= 11 is 2.19. The van der Waals surface area contributed by atoms with Crippen LogP contribution in [0.4, 0.5) is 18.9 Å². The quantitative estimate of drug-likeness (QED) is 0.754. The Morgan fingerprint density at radius 3 is 2.50 bits per heavy atom. The number of halogens is 4. The van der Waals surface area contributed by atoms with Crippen LogP contribution in [0.3, 0.4) is 0 Å². The normalized spacial score (nSPS) is 11.2. The van der Waals surface area contributed by atoms with Gasteiger partial charge in [-0.1, -0.05) is 18.2 Å². The maximum atomic E-state index is 12.1. The summed E-state index contributed by atoms with van der Waals surface area (Å²) in [6.07, 6.45) is -4.67. The van der Waals surface area contributed by atoms with Gasteiger partial charge in [0.25, 0.3) is 0 Å². The van der Waals surface area contributed by atoms with Crippen molar-refractivity contribution in [3.05, 3.63) is 57.7 Å². The van der Waals surface area contributed by atoms with Gasteiger partial charge in [-0.05, 0) is 58.5 Å². The molecule has 1 N–H and O–H groups in total. The Labute approximate surface area is 128 Å². The van der Waals surface area contributed by atoms with Gasteiger partial charge in [0.05, 0.1) is 0 Å². The van der Waals surface area contributed by atoms with E-state index in [0.29, 0.717) is 12.1 Å². The van der Waals surface area contributed by atoms with Crippen molar-refractivity contribution in [3.8, 4) is 5.75 Å². The Morgan fingerprint density at radius 1 is 1.05 bits per heavy atom. The molecule has 20 heavy (non-hydrogen) atoms. The van der Waals surface area contributed by atoms with Crippen LogP contribution in [-0.4, -0.2) is 6.36 Å². The van der Waals surface area contributed by atoms with Crippen LogP contribution >= 0.6 is 22.6 Å². The zero-order valence-corrected chi connectivity index (χ0v) is 12.4. The van der Waals surface area contributed by atoms with Gasteiger partial charge in [0.1, 0.15) is 5.75 Å². The van der Waals surface area contributed by atoms with E-state index < -0.39 is 6.36 Å². The van der Waals surface area contributed by atoms with Gasteiger partial charge in [0, 0.05) is 15.8 Å². The molecular weight excluding hydrogens is 382 g/mol. The van der Waals surface area contributed by atoms with Crippen LogP contribution < -0.4 is 10.1 Å². The van der Waals surface area contributed by atoms with Crippen molar-refractivity contribution in [2.24, 2.45) is 0 Å². The van der Waals surface area contributed by atoms with Gasteiger partial charge in [-0.25, -0.2) is 0 Å². The van der Waals surface area contributed by atoms with Gasteiger partial charge in [0.15, 0.2) is 0 Å². The van der Waals surface area contributed by atoms with Gasteiger partial charge in [-0.3, -0.25) is 0 Å². The first-order valence-electron chi connectivity index (χ1n) is 5.76. The first-order chi connectivity index (χ1) is 9.42. The van der Waals surface area contributed by atoms with Gasteiger partial charge in [-0.15, -0.1) is 13.2 Å². The van der Waals surface area contributed by atoms with Crippen molar-refractivity contribution in [2.45, 2.75) is 12.9 Å². The summed E-state index contributed by atoms with van der Waals surface area (Å²) in [6.45, 7) is 0.426. The van der Waals surface area contributed by atoms with E-state index in [4.69, 9.17) is 0 Å². The van der Waals surface area contributed by atoms with E-state index in [1.807, 2.05) is 24.3 Å². The first kappa shape index (κ1) is 15.0. The third-order valence-corrected chi connectivity index (χ3v) is 3.12. The Bertz CT molecular complexity index is 587. The zero-order valence-electron chi connectivity index (χ0n) is 10.2. The van der Waals surface area contributed by atoms with Gasteiger partial charge >= 0.3 is 6.36 Å². The molecule has 2 nitrogen and oxygen atoms in total. The van der Waals surface area contributed by atoms with Crippen LogP contribution in [0.25, 0.3) is 0 Å². The SMILES string of the molecule is FC(F)(F)Oc1cccc(CNc2cccc(I)c2)c1. The lowest BCUT2D eigenvalue weighted by Gasteiger charge is -2.11. The van der Waals surface area contributed by atoms with Gasteiger partial charge < -0.3 is 10.1 Å². The van der Waals surface area contributed by atoms with Crippen molar-refractivity contribution in [1.82, 2.24) is 0 Å². The summed E-state index contributed by atoms with van der Waals surface area (Å²) < 4.78 is 41.4. The second-order valence-corrected chi connectivity index (χ2v) is 5.30. The van der Waals surface area contributed by atoms with E-state index in [0.717, 1.165) is 9.26 Å². The third kappa shape index (κ3) is 4.92. The molecule has 0 unspecified atom stereocenters. The average molecular weight is 393 g/mol. The molecule has 0 aliphatic rings. The van der Waals surface area contributed by atoms with Gasteiger partial charge in [-0.2, -0.15) is 0 Å². The molecule has 0 aromatic heterocycles. The minimum absolute atomic E-state index is 0.209. The maximum Gasteiger partial charge on any atom is 0.573 e. The van der Waals surface area contributed by atoms with Crippen LogP contribution in [0.15, 0.2) is 48.5 Å². The van der Waals surface area contributed by atoms with E-state index >= 15 is 0 Å². The highest BCUT2D eigenvalue weighted by Gasteiger charge is 2.31. The summed E-state index contributed by atoms with van der Waals surface area (Å²) in [7, 11) is 0. The number of ether oxygens (including phenoxy) is 1. The molecule has 6 heteroatoms. The maximum absolute atomic E-state index is 12.1. The van der Waals surface area contributed by atoms with Crippen molar-refractivity contribution in [1.29, 1.82) is 0 Å². The molecule has 106 valence electrons. The molecule has 2 rings (SSSR count). The highest BCUT2D eigenvalue weighted by molar-refractivity contribution is 14.1. The molecule has 0 saturated heterocycles. The summed E-state index contributed by atoms with van der Waals surface area (Å²) in [5.74, 6) is -0.209. The van der Waals surface area contributed by atoms with E-state index in [-0.39, 0.29) is 5.75 Å². The number of nitrogens with one attached hydrogen (secondary N) is 1. The number of rotatable bonds is 4. The second kappa shape index (κ2) is 6.34. The monoisotopic (exact) mass is 393 g/mol. The van der Waals surface area contributed by atoms with Crippen molar-refractivity contribution in [2.75, 3.05) is 5.32 Å².